The first-order valence-electron chi connectivity index (χ1n) is 11.8. The first-order valence-corrected chi connectivity index (χ1v) is 12.6. The maximum atomic E-state index is 14.6. The van der Waals surface area contributed by atoms with Crippen LogP contribution in [0.1, 0.15) is 33.2 Å². The summed E-state index contributed by atoms with van der Waals surface area (Å²) in [4.78, 5) is 16.2. The summed E-state index contributed by atoms with van der Waals surface area (Å²) in [5.41, 5.74) is 1.67. The van der Waals surface area contributed by atoms with Gasteiger partial charge < -0.3 is 19.5 Å². The molecule has 202 valence electrons. The fourth-order valence-corrected chi connectivity index (χ4v) is 4.50. The lowest BCUT2D eigenvalue weighted by molar-refractivity contribution is -0.377. The highest BCUT2D eigenvalue weighted by Crippen LogP contribution is 2.35. The van der Waals surface area contributed by atoms with E-state index in [-0.39, 0.29) is 29.8 Å². The number of carbonyl (C=O) groups is 1. The average molecular weight is 574 g/mol. The van der Waals surface area contributed by atoms with Gasteiger partial charge in [0.2, 0.25) is 0 Å². The van der Waals surface area contributed by atoms with Crippen LogP contribution in [-0.2, 0) is 17.7 Å². The number of hydrogen-bond acceptors (Lipinski definition) is 5. The number of para-hydroxylation sites is 1. The predicted molar refractivity (Wildman–Crippen MR) is 145 cm³/mol. The van der Waals surface area contributed by atoms with Crippen LogP contribution in [0.3, 0.4) is 0 Å². The van der Waals surface area contributed by atoms with Gasteiger partial charge in [0.15, 0.2) is 23.9 Å². The topological polar surface area (TPSA) is 70.9 Å². The minimum absolute atomic E-state index is 0.0429. The van der Waals surface area contributed by atoms with Gasteiger partial charge in [-0.2, -0.15) is 0 Å². The van der Waals surface area contributed by atoms with Crippen molar-refractivity contribution in [1.29, 1.82) is 0 Å². The first-order chi connectivity index (χ1) is 18.8. The number of H-pyrrole nitrogens is 1. The summed E-state index contributed by atoms with van der Waals surface area (Å²) in [5.74, 6) is -0.773. The zero-order valence-electron chi connectivity index (χ0n) is 21.1. The summed E-state index contributed by atoms with van der Waals surface area (Å²) in [6, 6.07) is 15.0. The van der Waals surface area contributed by atoms with Crippen molar-refractivity contribution < 1.29 is 32.8 Å². The SMILES string of the molecule is COc1ccc([C@H](Cc2c(Cl)c[nH+]cc2Cl)OC(=O)c2ccc(F)c(CNc3ccccc3F)c2)cc1OC. The van der Waals surface area contributed by atoms with Crippen LogP contribution in [0, 0.1) is 11.6 Å². The van der Waals surface area contributed by atoms with Crippen LogP contribution in [0.4, 0.5) is 14.5 Å². The number of halogens is 4. The van der Waals surface area contributed by atoms with E-state index < -0.39 is 23.7 Å². The zero-order chi connectivity index (χ0) is 27.9. The van der Waals surface area contributed by atoms with E-state index in [2.05, 4.69) is 10.3 Å². The van der Waals surface area contributed by atoms with Crippen molar-refractivity contribution in [3.63, 3.8) is 0 Å². The lowest BCUT2D eigenvalue weighted by atomic mass is 10.0. The van der Waals surface area contributed by atoms with Gasteiger partial charge >= 0.3 is 5.97 Å². The smallest absolute Gasteiger partial charge is 0.338 e. The Bertz CT molecular complexity index is 1470. The summed E-state index contributed by atoms with van der Waals surface area (Å²) in [6.45, 7) is -0.0429. The Labute approximate surface area is 234 Å². The summed E-state index contributed by atoms with van der Waals surface area (Å²) in [6.07, 6.45) is 2.46. The monoisotopic (exact) mass is 573 g/mol. The second kappa shape index (κ2) is 12.8. The lowest BCUT2D eigenvalue weighted by Gasteiger charge is -2.21. The van der Waals surface area contributed by atoms with Crippen molar-refractivity contribution in [3.8, 4) is 11.5 Å². The molecule has 1 heterocycles. The molecular weight excluding hydrogens is 549 g/mol. The van der Waals surface area contributed by atoms with Crippen LogP contribution < -0.4 is 19.8 Å². The van der Waals surface area contributed by atoms with E-state index in [9.17, 15) is 13.6 Å². The molecule has 10 heteroatoms. The van der Waals surface area contributed by atoms with Crippen LogP contribution in [0.15, 0.2) is 73.1 Å². The third kappa shape index (κ3) is 6.77. The minimum Gasteiger partial charge on any atom is -0.493 e. The number of aromatic amines is 1. The van der Waals surface area contributed by atoms with Gasteiger partial charge in [0.1, 0.15) is 27.8 Å². The number of esters is 1. The van der Waals surface area contributed by atoms with E-state index >= 15 is 0 Å². The van der Waals surface area contributed by atoms with Crippen molar-refractivity contribution in [2.24, 2.45) is 0 Å². The number of ether oxygens (including phenoxy) is 3. The van der Waals surface area contributed by atoms with Crippen molar-refractivity contribution in [2.45, 2.75) is 19.1 Å². The molecule has 1 atom stereocenters. The molecule has 0 radical (unpaired) electrons. The van der Waals surface area contributed by atoms with Crippen molar-refractivity contribution in [3.05, 3.63) is 117 Å². The van der Waals surface area contributed by atoms with Gasteiger partial charge in [0.25, 0.3) is 0 Å². The molecule has 6 nitrogen and oxygen atoms in total. The molecule has 1 aromatic heterocycles. The minimum atomic E-state index is -0.834. The predicted octanol–water partition coefficient (Wildman–Crippen LogP) is 6.86. The van der Waals surface area contributed by atoms with Gasteiger partial charge in [-0.15, -0.1) is 0 Å². The molecule has 0 unspecified atom stereocenters. The van der Waals surface area contributed by atoms with Crippen molar-refractivity contribution >= 4 is 34.9 Å². The maximum Gasteiger partial charge on any atom is 0.338 e. The van der Waals surface area contributed by atoms with Crippen LogP contribution in [0.25, 0.3) is 0 Å². The quantitative estimate of drug-likeness (QED) is 0.210. The lowest BCUT2D eigenvalue weighted by Crippen LogP contribution is -2.16. The number of hydrogen-bond donors (Lipinski definition) is 1. The summed E-state index contributed by atoms with van der Waals surface area (Å²) >= 11 is 12.8. The van der Waals surface area contributed by atoms with E-state index in [1.807, 2.05) is 0 Å². The highest BCUT2D eigenvalue weighted by Gasteiger charge is 2.24. The molecule has 0 saturated carbocycles. The van der Waals surface area contributed by atoms with Gasteiger partial charge in [-0.3, -0.25) is 0 Å². The Morgan fingerprint density at radius 1 is 0.923 bits per heavy atom. The summed E-state index contributed by atoms with van der Waals surface area (Å²) in [7, 11) is 3.01. The molecule has 3 aromatic carbocycles. The molecule has 0 aliphatic carbocycles. The third-order valence-electron chi connectivity index (χ3n) is 6.04. The Morgan fingerprint density at radius 2 is 1.64 bits per heavy atom. The molecule has 0 saturated heterocycles. The van der Waals surface area contributed by atoms with Gasteiger partial charge in [-0.1, -0.05) is 41.4 Å². The molecule has 39 heavy (non-hydrogen) atoms. The number of nitrogens with one attached hydrogen (secondary N) is 2. The summed E-state index contributed by atoms with van der Waals surface area (Å²) in [5, 5.41) is 3.58. The zero-order valence-corrected chi connectivity index (χ0v) is 22.6. The van der Waals surface area contributed by atoms with Crippen LogP contribution >= 0.6 is 23.2 Å². The largest absolute Gasteiger partial charge is 0.493 e. The Hall–Kier alpha value is -3.88. The molecule has 0 bridgehead atoms. The van der Waals surface area contributed by atoms with E-state index in [0.29, 0.717) is 32.7 Å². The molecule has 4 aromatic rings. The van der Waals surface area contributed by atoms with E-state index in [1.165, 1.54) is 44.6 Å². The molecule has 0 spiro atoms. The van der Waals surface area contributed by atoms with Gasteiger partial charge in [0.05, 0.1) is 25.5 Å². The molecule has 0 fully saturated rings. The number of methoxy groups -OCH3 is 2. The highest BCUT2D eigenvalue weighted by molar-refractivity contribution is 6.35. The standard InChI is InChI=1S/C29H24Cl2F2N2O4/c1-37-26-10-8-17(12-28(26)38-2)27(13-20-21(30)15-34-16-22(20)31)39-29(36)18-7-9-23(32)19(11-18)14-35-25-6-4-3-5-24(25)33/h3-12,15-16,27,35H,13-14H2,1-2H3/p+1/t27-/m0/s1. The van der Waals surface area contributed by atoms with Gasteiger partial charge in [0, 0.05) is 24.1 Å². The van der Waals surface area contributed by atoms with Gasteiger partial charge in [-0.05, 0) is 48.0 Å². The van der Waals surface area contributed by atoms with E-state index in [0.717, 1.165) is 0 Å². The number of benzene rings is 3. The van der Waals surface area contributed by atoms with Crippen molar-refractivity contribution in [2.75, 3.05) is 19.5 Å². The third-order valence-corrected chi connectivity index (χ3v) is 6.71. The normalized spacial score (nSPS) is 11.5. The van der Waals surface area contributed by atoms with Gasteiger partial charge in [-0.25, -0.2) is 18.6 Å². The number of rotatable bonds is 10. The Morgan fingerprint density at radius 3 is 2.33 bits per heavy atom. The fourth-order valence-electron chi connectivity index (χ4n) is 3.97. The van der Waals surface area contributed by atoms with Crippen LogP contribution in [-0.4, -0.2) is 20.2 Å². The molecule has 0 aliphatic rings. The molecule has 0 amide bonds. The fraction of sp³-hybridized carbons (Fsp3) is 0.172. The second-order valence-corrected chi connectivity index (χ2v) is 9.30. The number of pyridine rings is 1. The second-order valence-electron chi connectivity index (χ2n) is 8.48. The molecule has 2 N–H and O–H groups in total. The number of aromatic nitrogens is 1. The molecule has 0 aliphatic heterocycles. The van der Waals surface area contributed by atoms with E-state index in [4.69, 9.17) is 37.4 Å². The van der Waals surface area contributed by atoms with Crippen LogP contribution in [0.2, 0.25) is 10.0 Å². The van der Waals surface area contributed by atoms with E-state index in [1.54, 1.807) is 42.7 Å². The summed E-state index contributed by atoms with van der Waals surface area (Å²) < 4.78 is 45.2. The number of anilines is 1. The molecular formula is C29H25Cl2F2N2O4+. The first kappa shape index (κ1) is 28.1. The average Bonchev–Trinajstić information content (AvgIpc) is 2.94. The number of carbonyl (C=O) groups excluding carboxylic acids is 1. The molecule has 4 rings (SSSR count). The Balaban J connectivity index is 1.62. The highest BCUT2D eigenvalue weighted by atomic mass is 35.5. The Kier molecular flexibility index (Phi) is 9.22. The maximum absolute atomic E-state index is 14.6. The van der Waals surface area contributed by atoms with Crippen molar-refractivity contribution in [1.82, 2.24) is 0 Å². The van der Waals surface area contributed by atoms with Crippen LogP contribution in [0.5, 0.6) is 11.5 Å².